The summed E-state index contributed by atoms with van der Waals surface area (Å²) in [5.74, 6) is -1.48. The number of thiophene rings is 1. The number of piperazine rings is 1. The summed E-state index contributed by atoms with van der Waals surface area (Å²) in [4.78, 5) is 51.8. The van der Waals surface area contributed by atoms with E-state index >= 15 is 0 Å². The van der Waals surface area contributed by atoms with E-state index in [-0.39, 0.29) is 35.6 Å². The van der Waals surface area contributed by atoms with Gasteiger partial charge in [-0.1, -0.05) is 23.2 Å². The van der Waals surface area contributed by atoms with Crippen LogP contribution in [0.2, 0.25) is 9.36 Å². The number of carbonyl (C=O) groups excluding carboxylic acids is 4. The van der Waals surface area contributed by atoms with Crippen LogP contribution in [0.15, 0.2) is 30.3 Å². The predicted octanol–water partition coefficient (Wildman–Crippen LogP) is 2.15. The minimum absolute atomic E-state index is 0.0189. The standard InChI is InChI=1S/C21H20Cl2N4O5S/c22-14-9-12(1-2-13(14)19(30)27-7-6-24-17(28)10-27)25-20(31)21(5-8-32-11-21)26-18(29)15-3-4-16(23)33-15/h1-4,9H,5-8,10-11H2,(H,24,28)(H,25,31)(H,26,29). The second-order valence-electron chi connectivity index (χ2n) is 7.67. The molecule has 1 unspecified atom stereocenters. The maximum atomic E-state index is 13.1. The lowest BCUT2D eigenvalue weighted by Crippen LogP contribution is -2.57. The van der Waals surface area contributed by atoms with Crippen LogP contribution in [0.1, 0.15) is 26.5 Å². The number of halogens is 2. The average molecular weight is 511 g/mol. The molecule has 0 spiro atoms. The minimum Gasteiger partial charge on any atom is -0.378 e. The first-order chi connectivity index (χ1) is 15.8. The normalized spacial score (nSPS) is 20.3. The smallest absolute Gasteiger partial charge is 0.262 e. The van der Waals surface area contributed by atoms with Gasteiger partial charge < -0.3 is 25.6 Å². The van der Waals surface area contributed by atoms with E-state index in [9.17, 15) is 19.2 Å². The molecule has 3 N–H and O–H groups in total. The van der Waals surface area contributed by atoms with Crippen molar-refractivity contribution in [1.29, 1.82) is 0 Å². The number of hydrogen-bond donors (Lipinski definition) is 3. The molecule has 0 radical (unpaired) electrons. The molecule has 33 heavy (non-hydrogen) atoms. The Bertz CT molecular complexity index is 1120. The first-order valence-corrected chi connectivity index (χ1v) is 11.7. The molecule has 4 rings (SSSR count). The minimum atomic E-state index is -1.25. The molecule has 174 valence electrons. The van der Waals surface area contributed by atoms with Gasteiger partial charge in [-0.05, 0) is 30.3 Å². The number of rotatable bonds is 5. The molecule has 0 aliphatic carbocycles. The zero-order chi connectivity index (χ0) is 23.6. The number of ether oxygens (including phenoxy) is 1. The molecule has 12 heteroatoms. The fourth-order valence-electron chi connectivity index (χ4n) is 3.61. The van der Waals surface area contributed by atoms with Crippen LogP contribution < -0.4 is 16.0 Å². The van der Waals surface area contributed by atoms with E-state index in [1.807, 2.05) is 0 Å². The molecule has 2 fully saturated rings. The fourth-order valence-corrected chi connectivity index (χ4v) is 4.81. The van der Waals surface area contributed by atoms with Crippen LogP contribution in [0, 0.1) is 0 Å². The lowest BCUT2D eigenvalue weighted by Gasteiger charge is -2.28. The van der Waals surface area contributed by atoms with E-state index in [1.165, 1.54) is 17.0 Å². The van der Waals surface area contributed by atoms with Crippen LogP contribution in [0.3, 0.4) is 0 Å². The van der Waals surface area contributed by atoms with E-state index < -0.39 is 17.4 Å². The van der Waals surface area contributed by atoms with Crippen LogP contribution in [0.5, 0.6) is 0 Å². The Kier molecular flexibility index (Phi) is 6.89. The first-order valence-electron chi connectivity index (χ1n) is 10.1. The van der Waals surface area contributed by atoms with Gasteiger partial charge in [0.1, 0.15) is 5.54 Å². The van der Waals surface area contributed by atoms with Gasteiger partial charge in [0, 0.05) is 31.8 Å². The van der Waals surface area contributed by atoms with Crippen molar-refractivity contribution in [2.24, 2.45) is 0 Å². The molecular formula is C21H20Cl2N4O5S. The van der Waals surface area contributed by atoms with Crippen molar-refractivity contribution in [3.05, 3.63) is 50.1 Å². The van der Waals surface area contributed by atoms with Crippen molar-refractivity contribution in [2.75, 3.05) is 38.2 Å². The first kappa shape index (κ1) is 23.5. The van der Waals surface area contributed by atoms with Crippen LogP contribution in [0.4, 0.5) is 5.69 Å². The van der Waals surface area contributed by atoms with Gasteiger partial charge in [0.05, 0.1) is 33.0 Å². The van der Waals surface area contributed by atoms with Gasteiger partial charge in [-0.3, -0.25) is 19.2 Å². The summed E-state index contributed by atoms with van der Waals surface area (Å²) >= 11 is 13.3. The summed E-state index contributed by atoms with van der Waals surface area (Å²) in [7, 11) is 0. The van der Waals surface area contributed by atoms with Gasteiger partial charge in [-0.15, -0.1) is 11.3 Å². The maximum absolute atomic E-state index is 13.1. The van der Waals surface area contributed by atoms with Gasteiger partial charge in [-0.25, -0.2) is 0 Å². The van der Waals surface area contributed by atoms with Crippen LogP contribution in [-0.2, 0) is 14.3 Å². The summed E-state index contributed by atoms with van der Waals surface area (Å²) in [5.41, 5.74) is -0.667. The summed E-state index contributed by atoms with van der Waals surface area (Å²) in [6, 6.07) is 7.70. The second kappa shape index (κ2) is 9.68. The number of hydrogen-bond acceptors (Lipinski definition) is 6. The number of benzene rings is 1. The van der Waals surface area contributed by atoms with Crippen molar-refractivity contribution in [1.82, 2.24) is 15.5 Å². The molecule has 1 aromatic heterocycles. The highest BCUT2D eigenvalue weighted by molar-refractivity contribution is 7.18. The number of nitrogens with zero attached hydrogens (tertiary/aromatic N) is 1. The Morgan fingerprint density at radius 3 is 2.64 bits per heavy atom. The lowest BCUT2D eigenvalue weighted by molar-refractivity contribution is -0.123. The third-order valence-corrected chi connectivity index (χ3v) is 6.93. The Balaban J connectivity index is 1.47. The fraction of sp³-hybridized carbons (Fsp3) is 0.333. The average Bonchev–Trinajstić information content (AvgIpc) is 3.43. The van der Waals surface area contributed by atoms with Crippen molar-refractivity contribution >= 4 is 63.9 Å². The molecule has 9 nitrogen and oxygen atoms in total. The summed E-state index contributed by atoms with van der Waals surface area (Å²) < 4.78 is 5.87. The number of amides is 4. The topological polar surface area (TPSA) is 117 Å². The van der Waals surface area contributed by atoms with E-state index in [0.29, 0.717) is 41.0 Å². The summed E-state index contributed by atoms with van der Waals surface area (Å²) in [5, 5.41) is 8.32. The molecule has 3 heterocycles. The highest BCUT2D eigenvalue weighted by Gasteiger charge is 2.44. The molecule has 4 amide bonds. The third-order valence-electron chi connectivity index (χ3n) is 5.39. The zero-order valence-electron chi connectivity index (χ0n) is 17.3. The summed E-state index contributed by atoms with van der Waals surface area (Å²) in [6.45, 7) is 1.06. The Morgan fingerprint density at radius 1 is 1.18 bits per heavy atom. The van der Waals surface area contributed by atoms with Gasteiger partial charge >= 0.3 is 0 Å². The molecule has 1 atom stereocenters. The van der Waals surface area contributed by atoms with Crippen LogP contribution >= 0.6 is 34.5 Å². The molecular weight excluding hydrogens is 491 g/mol. The largest absolute Gasteiger partial charge is 0.378 e. The molecule has 2 aromatic rings. The molecule has 2 aliphatic heterocycles. The second-order valence-corrected chi connectivity index (χ2v) is 9.79. The van der Waals surface area contributed by atoms with Gasteiger partial charge in [-0.2, -0.15) is 0 Å². The third kappa shape index (κ3) is 5.14. The quantitative estimate of drug-likeness (QED) is 0.569. The Labute approximate surface area is 203 Å². The van der Waals surface area contributed by atoms with Gasteiger partial charge in [0.2, 0.25) is 5.91 Å². The molecule has 1 aromatic carbocycles. The molecule has 2 saturated heterocycles. The Morgan fingerprint density at radius 2 is 2.00 bits per heavy atom. The monoisotopic (exact) mass is 510 g/mol. The number of nitrogens with one attached hydrogen (secondary N) is 3. The zero-order valence-corrected chi connectivity index (χ0v) is 19.6. The van der Waals surface area contributed by atoms with E-state index in [4.69, 9.17) is 27.9 Å². The number of carbonyl (C=O) groups is 4. The predicted molar refractivity (Wildman–Crippen MR) is 124 cm³/mol. The molecule has 0 saturated carbocycles. The lowest BCUT2D eigenvalue weighted by atomic mass is 9.97. The van der Waals surface area contributed by atoms with Crippen molar-refractivity contribution < 1.29 is 23.9 Å². The summed E-state index contributed by atoms with van der Waals surface area (Å²) in [6.07, 6.45) is 0.297. The van der Waals surface area contributed by atoms with E-state index in [2.05, 4.69) is 16.0 Å². The van der Waals surface area contributed by atoms with Crippen molar-refractivity contribution in [3.8, 4) is 0 Å². The Hall–Kier alpha value is -2.66. The van der Waals surface area contributed by atoms with Crippen molar-refractivity contribution in [3.63, 3.8) is 0 Å². The van der Waals surface area contributed by atoms with Crippen LogP contribution in [0.25, 0.3) is 0 Å². The highest BCUT2D eigenvalue weighted by atomic mass is 35.5. The number of anilines is 1. The SMILES string of the molecule is O=C1CN(C(=O)c2ccc(NC(=O)C3(NC(=O)c4ccc(Cl)s4)CCOC3)cc2Cl)CCN1. The maximum Gasteiger partial charge on any atom is 0.262 e. The van der Waals surface area contributed by atoms with Gasteiger partial charge in [0.25, 0.3) is 17.7 Å². The van der Waals surface area contributed by atoms with E-state index in [1.54, 1.807) is 18.2 Å². The molecule has 0 bridgehead atoms. The molecule has 2 aliphatic rings. The highest BCUT2D eigenvalue weighted by Crippen LogP contribution is 2.27. The van der Waals surface area contributed by atoms with Crippen molar-refractivity contribution in [2.45, 2.75) is 12.0 Å². The van der Waals surface area contributed by atoms with Gasteiger partial charge in [0.15, 0.2) is 0 Å². The van der Waals surface area contributed by atoms with E-state index in [0.717, 1.165) is 11.3 Å². The van der Waals surface area contributed by atoms with Crippen LogP contribution in [-0.4, -0.2) is 66.9 Å².